The zero-order valence-corrected chi connectivity index (χ0v) is 9.63. The van der Waals surface area contributed by atoms with Crippen molar-refractivity contribution in [3.8, 4) is 0 Å². The van der Waals surface area contributed by atoms with Crippen LogP contribution in [-0.2, 0) is 14.3 Å². The molecule has 17 heavy (non-hydrogen) atoms. The first-order chi connectivity index (χ1) is 8.24. The Hall–Kier alpha value is -1.39. The first-order valence-corrected chi connectivity index (χ1v) is 5.90. The van der Waals surface area contributed by atoms with Crippen molar-refractivity contribution >= 4 is 5.97 Å². The largest absolute Gasteiger partial charge is 0.466 e. The number of ether oxygens (including phenoxy) is 2. The normalized spacial score (nSPS) is 33.5. The highest BCUT2D eigenvalue weighted by molar-refractivity contribution is 5.76. The topological polar surface area (TPSA) is 61.5 Å². The van der Waals surface area contributed by atoms with E-state index in [2.05, 4.69) is 0 Å². The van der Waals surface area contributed by atoms with E-state index >= 15 is 0 Å². The molecule has 0 spiro atoms. The van der Waals surface area contributed by atoms with Gasteiger partial charge < -0.3 is 15.2 Å². The Balaban J connectivity index is 1.95. The van der Waals surface area contributed by atoms with Gasteiger partial charge in [-0.2, -0.15) is 0 Å². The van der Waals surface area contributed by atoms with Crippen molar-refractivity contribution in [2.24, 2.45) is 11.7 Å². The second-order valence-electron chi connectivity index (χ2n) is 4.46. The fourth-order valence-electron chi connectivity index (χ4n) is 2.82. The zero-order chi connectivity index (χ0) is 12.0. The van der Waals surface area contributed by atoms with Crippen LogP contribution in [-0.4, -0.2) is 18.6 Å². The van der Waals surface area contributed by atoms with Crippen LogP contribution in [0.3, 0.4) is 0 Å². The van der Waals surface area contributed by atoms with E-state index in [4.69, 9.17) is 15.2 Å². The van der Waals surface area contributed by atoms with Gasteiger partial charge in [-0.1, -0.05) is 24.3 Å². The molecule has 90 valence electrons. The SMILES string of the molecule is CCOC(=O)C1C(N)[C@@H]2O[C@@H]1c1ccccc12. The number of fused-ring (bicyclic) bond motifs is 5. The lowest BCUT2D eigenvalue weighted by Crippen LogP contribution is -2.40. The summed E-state index contributed by atoms with van der Waals surface area (Å²) in [5, 5.41) is 0. The molecule has 0 saturated carbocycles. The van der Waals surface area contributed by atoms with E-state index in [0.29, 0.717) is 6.61 Å². The van der Waals surface area contributed by atoms with Gasteiger partial charge in [-0.25, -0.2) is 0 Å². The van der Waals surface area contributed by atoms with Gasteiger partial charge in [-0.05, 0) is 18.1 Å². The number of hydrogen-bond donors (Lipinski definition) is 1. The number of nitrogens with two attached hydrogens (primary N) is 1. The maximum absolute atomic E-state index is 11.9. The summed E-state index contributed by atoms with van der Waals surface area (Å²) in [4.78, 5) is 11.9. The second-order valence-corrected chi connectivity index (χ2v) is 4.46. The van der Waals surface area contributed by atoms with Crippen LogP contribution >= 0.6 is 0 Å². The molecule has 2 aliphatic heterocycles. The summed E-state index contributed by atoms with van der Waals surface area (Å²) in [6, 6.07) is 7.64. The van der Waals surface area contributed by atoms with Gasteiger partial charge in [-0.15, -0.1) is 0 Å². The third-order valence-electron chi connectivity index (χ3n) is 3.55. The fraction of sp³-hybridized carbons (Fsp3) is 0.462. The summed E-state index contributed by atoms with van der Waals surface area (Å²) in [7, 11) is 0. The van der Waals surface area contributed by atoms with Gasteiger partial charge >= 0.3 is 5.97 Å². The molecule has 3 rings (SSSR count). The number of hydrogen-bond acceptors (Lipinski definition) is 4. The van der Waals surface area contributed by atoms with Crippen LogP contribution in [0, 0.1) is 5.92 Å². The van der Waals surface area contributed by atoms with Crippen molar-refractivity contribution in [1.82, 2.24) is 0 Å². The average molecular weight is 233 g/mol. The molecular weight excluding hydrogens is 218 g/mol. The number of carbonyl (C=O) groups is 1. The Morgan fingerprint density at radius 3 is 2.65 bits per heavy atom. The van der Waals surface area contributed by atoms with Crippen molar-refractivity contribution in [1.29, 1.82) is 0 Å². The lowest BCUT2D eigenvalue weighted by Gasteiger charge is -2.24. The summed E-state index contributed by atoms with van der Waals surface area (Å²) < 4.78 is 10.9. The number of esters is 1. The van der Waals surface area contributed by atoms with Crippen LogP contribution in [0.4, 0.5) is 0 Å². The highest BCUT2D eigenvalue weighted by Crippen LogP contribution is 2.53. The van der Waals surface area contributed by atoms with Gasteiger partial charge in [-0.3, -0.25) is 4.79 Å². The lowest BCUT2D eigenvalue weighted by atomic mass is 9.80. The van der Waals surface area contributed by atoms with E-state index in [1.807, 2.05) is 24.3 Å². The quantitative estimate of drug-likeness (QED) is 0.782. The summed E-state index contributed by atoms with van der Waals surface area (Å²) in [6.07, 6.45) is -0.393. The molecule has 2 heterocycles. The predicted molar refractivity (Wildman–Crippen MR) is 61.1 cm³/mol. The Bertz CT molecular complexity index is 460. The summed E-state index contributed by atoms with van der Waals surface area (Å²) >= 11 is 0. The van der Waals surface area contributed by atoms with E-state index < -0.39 is 0 Å². The molecule has 2 bridgehead atoms. The van der Waals surface area contributed by atoms with Gasteiger partial charge in [0.05, 0.1) is 24.9 Å². The molecule has 0 radical (unpaired) electrons. The van der Waals surface area contributed by atoms with E-state index in [-0.39, 0.29) is 30.1 Å². The minimum atomic E-state index is -0.366. The standard InChI is InChI=1S/C13H15NO3/c1-2-16-13(15)9-10(14)12-8-6-4-3-5-7(8)11(9)17-12/h3-6,9-12H,2,14H2,1H3/t9?,10?,11-,12-/m1/s1. The summed E-state index contributed by atoms with van der Waals surface area (Å²) in [5.74, 6) is -0.614. The molecule has 2 aliphatic rings. The van der Waals surface area contributed by atoms with Crippen LogP contribution in [0.2, 0.25) is 0 Å². The molecule has 4 nitrogen and oxygen atoms in total. The van der Waals surface area contributed by atoms with Gasteiger partial charge in [0.1, 0.15) is 5.92 Å². The molecule has 2 unspecified atom stereocenters. The van der Waals surface area contributed by atoms with Crippen LogP contribution in [0.15, 0.2) is 24.3 Å². The fourth-order valence-corrected chi connectivity index (χ4v) is 2.82. The molecule has 0 aromatic heterocycles. The van der Waals surface area contributed by atoms with E-state index in [1.54, 1.807) is 6.92 Å². The number of benzene rings is 1. The van der Waals surface area contributed by atoms with Crippen molar-refractivity contribution in [3.05, 3.63) is 35.4 Å². The Morgan fingerprint density at radius 2 is 2.00 bits per heavy atom. The van der Waals surface area contributed by atoms with Gasteiger partial charge in [0, 0.05) is 0 Å². The highest BCUT2D eigenvalue weighted by atomic mass is 16.5. The van der Waals surface area contributed by atoms with Crippen LogP contribution in [0.25, 0.3) is 0 Å². The summed E-state index contributed by atoms with van der Waals surface area (Å²) in [6.45, 7) is 2.17. The molecule has 0 amide bonds. The van der Waals surface area contributed by atoms with Gasteiger partial charge in [0.15, 0.2) is 0 Å². The Morgan fingerprint density at radius 1 is 1.35 bits per heavy atom. The van der Waals surface area contributed by atoms with E-state index in [0.717, 1.165) is 11.1 Å². The summed E-state index contributed by atoms with van der Waals surface area (Å²) in [5.41, 5.74) is 8.28. The average Bonchev–Trinajstić information content (AvgIpc) is 2.85. The lowest BCUT2D eigenvalue weighted by molar-refractivity contribution is -0.150. The number of rotatable bonds is 2. The molecular formula is C13H15NO3. The number of carbonyl (C=O) groups excluding carboxylic acids is 1. The highest BCUT2D eigenvalue weighted by Gasteiger charge is 2.54. The van der Waals surface area contributed by atoms with E-state index in [1.165, 1.54) is 0 Å². The first-order valence-electron chi connectivity index (χ1n) is 5.90. The maximum atomic E-state index is 11.9. The zero-order valence-electron chi connectivity index (χ0n) is 9.63. The van der Waals surface area contributed by atoms with Crippen molar-refractivity contribution < 1.29 is 14.3 Å². The molecule has 1 aromatic carbocycles. The molecule has 1 aromatic rings. The Kier molecular flexibility index (Phi) is 2.42. The third-order valence-corrected chi connectivity index (χ3v) is 3.55. The van der Waals surface area contributed by atoms with Gasteiger partial charge in [0.2, 0.25) is 0 Å². The van der Waals surface area contributed by atoms with Crippen molar-refractivity contribution in [2.75, 3.05) is 6.61 Å². The molecule has 1 saturated heterocycles. The molecule has 4 heteroatoms. The molecule has 1 fully saturated rings. The minimum absolute atomic E-state index is 0.161. The van der Waals surface area contributed by atoms with Crippen molar-refractivity contribution in [2.45, 2.75) is 25.2 Å². The predicted octanol–water partition coefficient (Wildman–Crippen LogP) is 1.32. The van der Waals surface area contributed by atoms with E-state index in [9.17, 15) is 4.79 Å². The minimum Gasteiger partial charge on any atom is -0.466 e. The molecule has 2 N–H and O–H groups in total. The maximum Gasteiger partial charge on any atom is 0.313 e. The van der Waals surface area contributed by atoms with Crippen LogP contribution in [0.1, 0.15) is 30.3 Å². The monoisotopic (exact) mass is 233 g/mol. The van der Waals surface area contributed by atoms with Crippen LogP contribution < -0.4 is 5.73 Å². The van der Waals surface area contributed by atoms with Crippen LogP contribution in [0.5, 0.6) is 0 Å². The van der Waals surface area contributed by atoms with Gasteiger partial charge in [0.25, 0.3) is 0 Å². The smallest absolute Gasteiger partial charge is 0.313 e. The second kappa shape index (κ2) is 3.82. The third kappa shape index (κ3) is 1.41. The molecule has 4 atom stereocenters. The van der Waals surface area contributed by atoms with Crippen molar-refractivity contribution in [3.63, 3.8) is 0 Å². The Labute approximate surface area is 99.7 Å². The first kappa shape index (κ1) is 10.7. The molecule has 0 aliphatic carbocycles.